The first-order chi connectivity index (χ1) is 8.74. The summed E-state index contributed by atoms with van der Waals surface area (Å²) in [5.74, 6) is 0.648. The molecule has 3 rings (SSSR count). The molecule has 1 fully saturated rings. The molecular weight excluding hydrogens is 228 g/mol. The lowest BCUT2D eigenvalue weighted by atomic mass is 10.1. The summed E-state index contributed by atoms with van der Waals surface area (Å²) >= 11 is 0. The van der Waals surface area contributed by atoms with Crippen molar-refractivity contribution in [1.82, 2.24) is 0 Å². The predicted molar refractivity (Wildman–Crippen MR) is 69.5 cm³/mol. The lowest BCUT2D eigenvalue weighted by Crippen LogP contribution is -2.10. The SMILES string of the molecule is Cc1cccc2cc(C(O)CC3CCCO3)oc12. The summed E-state index contributed by atoms with van der Waals surface area (Å²) in [6.07, 6.45) is 2.36. The number of para-hydroxylation sites is 1. The molecule has 1 aromatic carbocycles. The van der Waals surface area contributed by atoms with E-state index in [1.54, 1.807) is 0 Å². The Labute approximate surface area is 106 Å². The Morgan fingerprint density at radius 1 is 1.44 bits per heavy atom. The molecule has 1 aromatic heterocycles. The van der Waals surface area contributed by atoms with E-state index in [-0.39, 0.29) is 6.10 Å². The summed E-state index contributed by atoms with van der Waals surface area (Å²) < 4.78 is 11.3. The highest BCUT2D eigenvalue weighted by atomic mass is 16.5. The largest absolute Gasteiger partial charge is 0.458 e. The maximum Gasteiger partial charge on any atom is 0.137 e. The van der Waals surface area contributed by atoms with Gasteiger partial charge in [0.1, 0.15) is 17.4 Å². The third kappa shape index (κ3) is 2.16. The molecule has 2 atom stereocenters. The molecule has 3 heteroatoms. The predicted octanol–water partition coefficient (Wildman–Crippen LogP) is 3.34. The Morgan fingerprint density at radius 2 is 2.33 bits per heavy atom. The van der Waals surface area contributed by atoms with Crippen LogP contribution in [0.5, 0.6) is 0 Å². The molecule has 96 valence electrons. The molecule has 0 amide bonds. The van der Waals surface area contributed by atoms with Gasteiger partial charge in [-0.15, -0.1) is 0 Å². The fraction of sp³-hybridized carbons (Fsp3) is 0.467. The van der Waals surface area contributed by atoms with E-state index in [1.165, 1.54) is 0 Å². The van der Waals surface area contributed by atoms with E-state index in [1.807, 2.05) is 31.2 Å². The molecule has 1 saturated heterocycles. The van der Waals surface area contributed by atoms with Gasteiger partial charge < -0.3 is 14.3 Å². The van der Waals surface area contributed by atoms with Crippen molar-refractivity contribution in [2.45, 2.75) is 38.4 Å². The minimum absolute atomic E-state index is 0.175. The number of furan rings is 1. The number of aliphatic hydroxyl groups is 1. The molecule has 2 aromatic rings. The minimum Gasteiger partial charge on any atom is -0.458 e. The second kappa shape index (κ2) is 4.75. The zero-order valence-electron chi connectivity index (χ0n) is 10.6. The number of rotatable bonds is 3. The minimum atomic E-state index is -0.570. The summed E-state index contributed by atoms with van der Waals surface area (Å²) in [7, 11) is 0. The van der Waals surface area contributed by atoms with Gasteiger partial charge in [0.25, 0.3) is 0 Å². The summed E-state index contributed by atoms with van der Waals surface area (Å²) in [6.45, 7) is 2.83. The van der Waals surface area contributed by atoms with Crippen molar-refractivity contribution < 1.29 is 14.3 Å². The van der Waals surface area contributed by atoms with Gasteiger partial charge >= 0.3 is 0 Å². The van der Waals surface area contributed by atoms with Crippen LogP contribution in [0.1, 0.15) is 36.7 Å². The molecule has 18 heavy (non-hydrogen) atoms. The first-order valence-electron chi connectivity index (χ1n) is 6.53. The molecule has 1 N–H and O–H groups in total. The number of hydrogen-bond acceptors (Lipinski definition) is 3. The van der Waals surface area contributed by atoms with Crippen LogP contribution in [0.3, 0.4) is 0 Å². The van der Waals surface area contributed by atoms with Crippen molar-refractivity contribution in [2.75, 3.05) is 6.61 Å². The molecule has 2 heterocycles. The number of aliphatic hydroxyl groups excluding tert-OH is 1. The van der Waals surface area contributed by atoms with E-state index >= 15 is 0 Å². The van der Waals surface area contributed by atoms with Gasteiger partial charge in [-0.1, -0.05) is 18.2 Å². The Balaban J connectivity index is 1.82. The first-order valence-corrected chi connectivity index (χ1v) is 6.53. The molecule has 0 spiro atoms. The van der Waals surface area contributed by atoms with Crippen LogP contribution in [0.2, 0.25) is 0 Å². The Hall–Kier alpha value is -1.32. The third-order valence-electron chi connectivity index (χ3n) is 3.60. The monoisotopic (exact) mass is 246 g/mol. The van der Waals surface area contributed by atoms with Crippen LogP contribution in [0.4, 0.5) is 0 Å². The number of fused-ring (bicyclic) bond motifs is 1. The maximum absolute atomic E-state index is 10.2. The number of aryl methyl sites for hydroxylation is 1. The molecule has 1 aliphatic heterocycles. The highest BCUT2D eigenvalue weighted by molar-refractivity contribution is 5.80. The van der Waals surface area contributed by atoms with Gasteiger partial charge in [0.2, 0.25) is 0 Å². The van der Waals surface area contributed by atoms with Gasteiger partial charge in [-0.2, -0.15) is 0 Å². The summed E-state index contributed by atoms with van der Waals surface area (Å²) in [5.41, 5.74) is 1.97. The van der Waals surface area contributed by atoms with Crippen LogP contribution < -0.4 is 0 Å². The fourth-order valence-electron chi connectivity index (χ4n) is 2.59. The molecular formula is C15H18O3. The lowest BCUT2D eigenvalue weighted by molar-refractivity contribution is 0.0454. The van der Waals surface area contributed by atoms with Gasteiger partial charge in [-0.25, -0.2) is 0 Å². The normalized spacial score (nSPS) is 21.6. The van der Waals surface area contributed by atoms with Crippen LogP contribution in [0, 0.1) is 6.92 Å². The lowest BCUT2D eigenvalue weighted by Gasteiger charge is -2.12. The summed E-state index contributed by atoms with van der Waals surface area (Å²) in [5, 5.41) is 11.3. The van der Waals surface area contributed by atoms with E-state index < -0.39 is 6.10 Å². The smallest absolute Gasteiger partial charge is 0.137 e. The molecule has 0 bridgehead atoms. The molecule has 0 saturated carbocycles. The Kier molecular flexibility index (Phi) is 3.10. The van der Waals surface area contributed by atoms with Gasteiger partial charge in [-0.3, -0.25) is 0 Å². The molecule has 2 unspecified atom stereocenters. The van der Waals surface area contributed by atoms with Gasteiger partial charge in [0, 0.05) is 18.4 Å². The Morgan fingerprint density at radius 3 is 3.06 bits per heavy atom. The average Bonchev–Trinajstić information content (AvgIpc) is 2.97. The molecule has 1 aliphatic rings. The second-order valence-electron chi connectivity index (χ2n) is 5.03. The van der Waals surface area contributed by atoms with E-state index in [0.717, 1.165) is 36.0 Å². The number of benzene rings is 1. The van der Waals surface area contributed by atoms with Crippen LogP contribution in [0.15, 0.2) is 28.7 Å². The average molecular weight is 246 g/mol. The van der Waals surface area contributed by atoms with Gasteiger partial charge in [0.05, 0.1) is 6.10 Å². The second-order valence-corrected chi connectivity index (χ2v) is 5.03. The molecule has 3 nitrogen and oxygen atoms in total. The van der Waals surface area contributed by atoms with Crippen LogP contribution in [-0.2, 0) is 4.74 Å². The van der Waals surface area contributed by atoms with E-state index in [0.29, 0.717) is 12.2 Å². The summed E-state index contributed by atoms with van der Waals surface area (Å²) in [6, 6.07) is 7.96. The maximum atomic E-state index is 10.2. The highest BCUT2D eigenvalue weighted by Gasteiger charge is 2.22. The molecule has 0 aliphatic carbocycles. The van der Waals surface area contributed by atoms with Crippen LogP contribution >= 0.6 is 0 Å². The van der Waals surface area contributed by atoms with Crippen LogP contribution in [-0.4, -0.2) is 17.8 Å². The zero-order chi connectivity index (χ0) is 12.5. The standard InChI is InChI=1S/C15H18O3/c1-10-4-2-5-11-8-14(18-15(10)11)13(16)9-12-6-3-7-17-12/h2,4-5,8,12-13,16H,3,6-7,9H2,1H3. The fourth-order valence-corrected chi connectivity index (χ4v) is 2.59. The van der Waals surface area contributed by atoms with Crippen molar-refractivity contribution in [3.05, 3.63) is 35.6 Å². The number of hydrogen-bond donors (Lipinski definition) is 1. The zero-order valence-corrected chi connectivity index (χ0v) is 10.6. The third-order valence-corrected chi connectivity index (χ3v) is 3.60. The van der Waals surface area contributed by atoms with E-state index in [2.05, 4.69) is 0 Å². The van der Waals surface area contributed by atoms with Gasteiger partial charge in [-0.05, 0) is 31.4 Å². The van der Waals surface area contributed by atoms with Crippen LogP contribution in [0.25, 0.3) is 11.0 Å². The van der Waals surface area contributed by atoms with E-state index in [9.17, 15) is 5.11 Å². The quantitative estimate of drug-likeness (QED) is 0.903. The number of ether oxygens (including phenoxy) is 1. The molecule has 0 radical (unpaired) electrons. The first kappa shape index (κ1) is 11.8. The van der Waals surface area contributed by atoms with Crippen molar-refractivity contribution in [3.8, 4) is 0 Å². The van der Waals surface area contributed by atoms with Crippen molar-refractivity contribution in [1.29, 1.82) is 0 Å². The van der Waals surface area contributed by atoms with Crippen molar-refractivity contribution >= 4 is 11.0 Å². The van der Waals surface area contributed by atoms with Crippen molar-refractivity contribution in [2.24, 2.45) is 0 Å². The topological polar surface area (TPSA) is 42.6 Å². The highest BCUT2D eigenvalue weighted by Crippen LogP contribution is 2.30. The van der Waals surface area contributed by atoms with E-state index in [4.69, 9.17) is 9.15 Å². The van der Waals surface area contributed by atoms with Crippen molar-refractivity contribution in [3.63, 3.8) is 0 Å². The van der Waals surface area contributed by atoms with Gasteiger partial charge in [0.15, 0.2) is 0 Å². The Bertz CT molecular complexity index is 538. The summed E-state index contributed by atoms with van der Waals surface area (Å²) in [4.78, 5) is 0.